The average molecular weight is 210 g/mol. The molecule has 2 heteroatoms. The van der Waals surface area contributed by atoms with E-state index in [0.29, 0.717) is 0 Å². The third kappa shape index (κ3) is 3.18. The molecule has 1 unspecified atom stereocenters. The summed E-state index contributed by atoms with van der Waals surface area (Å²) < 4.78 is 0. The number of fused-ring (bicyclic) bond motifs is 1. The minimum absolute atomic E-state index is 0.820. The molecule has 2 saturated heterocycles. The van der Waals surface area contributed by atoms with Gasteiger partial charge in [0.15, 0.2) is 0 Å². The van der Waals surface area contributed by atoms with Crippen LogP contribution in [0.15, 0.2) is 0 Å². The van der Waals surface area contributed by atoms with Crippen molar-refractivity contribution in [2.45, 2.75) is 45.6 Å². The summed E-state index contributed by atoms with van der Waals surface area (Å²) in [6.07, 6.45) is 5.70. The van der Waals surface area contributed by atoms with E-state index >= 15 is 0 Å². The van der Waals surface area contributed by atoms with Crippen LogP contribution < -0.4 is 0 Å². The highest BCUT2D eigenvalue weighted by Gasteiger charge is 2.26. The standard InChI is InChI=1S/C13H26N2/c1-12(2)10-14-7-5-9-15-8-4-3-6-13(15)11-14/h12-13H,3-11H2,1-2H3. The molecule has 1 atom stereocenters. The summed E-state index contributed by atoms with van der Waals surface area (Å²) in [4.78, 5) is 5.44. The Morgan fingerprint density at radius 3 is 2.67 bits per heavy atom. The second-order valence-corrected chi connectivity index (χ2v) is 5.69. The van der Waals surface area contributed by atoms with Gasteiger partial charge in [-0.15, -0.1) is 0 Å². The van der Waals surface area contributed by atoms with Crippen molar-refractivity contribution in [2.75, 3.05) is 32.7 Å². The first-order valence-electron chi connectivity index (χ1n) is 6.72. The van der Waals surface area contributed by atoms with E-state index in [-0.39, 0.29) is 0 Å². The van der Waals surface area contributed by atoms with Gasteiger partial charge in [0, 0.05) is 19.1 Å². The Hall–Kier alpha value is -0.0800. The first kappa shape index (κ1) is 11.4. The Morgan fingerprint density at radius 2 is 1.87 bits per heavy atom. The zero-order valence-corrected chi connectivity index (χ0v) is 10.4. The van der Waals surface area contributed by atoms with Gasteiger partial charge in [-0.25, -0.2) is 0 Å². The molecule has 0 N–H and O–H groups in total. The average Bonchev–Trinajstić information content (AvgIpc) is 2.38. The Kier molecular flexibility index (Phi) is 4.04. The Bertz CT molecular complexity index is 191. The third-order valence-corrected chi connectivity index (χ3v) is 3.76. The molecular formula is C13H26N2. The monoisotopic (exact) mass is 210 g/mol. The molecule has 0 spiro atoms. The lowest BCUT2D eigenvalue weighted by Gasteiger charge is -2.35. The van der Waals surface area contributed by atoms with Gasteiger partial charge in [-0.3, -0.25) is 4.90 Å². The fourth-order valence-electron chi connectivity index (χ4n) is 3.13. The highest BCUT2D eigenvalue weighted by molar-refractivity contribution is 4.83. The molecule has 0 radical (unpaired) electrons. The number of nitrogens with zero attached hydrogens (tertiary/aromatic N) is 2. The van der Waals surface area contributed by atoms with Crippen molar-refractivity contribution in [3.05, 3.63) is 0 Å². The van der Waals surface area contributed by atoms with Gasteiger partial charge in [0.25, 0.3) is 0 Å². The normalized spacial score (nSPS) is 30.2. The van der Waals surface area contributed by atoms with Crippen molar-refractivity contribution in [3.63, 3.8) is 0 Å². The summed E-state index contributed by atoms with van der Waals surface area (Å²) in [5.74, 6) is 0.820. The largest absolute Gasteiger partial charge is 0.301 e. The second-order valence-electron chi connectivity index (χ2n) is 5.69. The molecule has 0 amide bonds. The van der Waals surface area contributed by atoms with E-state index in [1.165, 1.54) is 58.4 Å². The second kappa shape index (κ2) is 5.31. The maximum atomic E-state index is 2.74. The summed E-state index contributed by atoms with van der Waals surface area (Å²) in [5.41, 5.74) is 0. The van der Waals surface area contributed by atoms with Gasteiger partial charge in [-0.1, -0.05) is 20.3 Å². The van der Waals surface area contributed by atoms with Gasteiger partial charge in [0.1, 0.15) is 0 Å². The van der Waals surface area contributed by atoms with Crippen molar-refractivity contribution in [1.82, 2.24) is 9.80 Å². The van der Waals surface area contributed by atoms with Gasteiger partial charge in [-0.05, 0) is 44.8 Å². The van der Waals surface area contributed by atoms with Crippen LogP contribution >= 0.6 is 0 Å². The lowest BCUT2D eigenvalue weighted by Crippen LogP contribution is -2.44. The van der Waals surface area contributed by atoms with Gasteiger partial charge in [0.2, 0.25) is 0 Å². The van der Waals surface area contributed by atoms with Crippen LogP contribution in [0.4, 0.5) is 0 Å². The fraction of sp³-hybridized carbons (Fsp3) is 1.00. The van der Waals surface area contributed by atoms with Crippen LogP contribution in [-0.2, 0) is 0 Å². The Labute approximate surface area is 94.6 Å². The molecule has 0 bridgehead atoms. The van der Waals surface area contributed by atoms with E-state index < -0.39 is 0 Å². The lowest BCUT2D eigenvalue weighted by molar-refractivity contribution is 0.133. The molecule has 15 heavy (non-hydrogen) atoms. The number of rotatable bonds is 2. The number of hydrogen-bond donors (Lipinski definition) is 0. The molecule has 2 rings (SSSR count). The summed E-state index contributed by atoms with van der Waals surface area (Å²) in [6.45, 7) is 11.3. The van der Waals surface area contributed by atoms with Gasteiger partial charge in [0.05, 0.1) is 0 Å². The predicted molar refractivity (Wildman–Crippen MR) is 65.1 cm³/mol. The summed E-state index contributed by atoms with van der Waals surface area (Å²) in [6, 6.07) is 0.875. The highest BCUT2D eigenvalue weighted by atomic mass is 15.2. The molecule has 0 saturated carbocycles. The number of piperidine rings is 1. The van der Waals surface area contributed by atoms with Gasteiger partial charge in [-0.2, -0.15) is 0 Å². The minimum atomic E-state index is 0.820. The van der Waals surface area contributed by atoms with Crippen LogP contribution in [0.3, 0.4) is 0 Å². The van der Waals surface area contributed by atoms with E-state index in [0.717, 1.165) is 12.0 Å². The molecule has 0 aliphatic carbocycles. The molecule has 0 aromatic rings. The molecular weight excluding hydrogens is 184 g/mol. The van der Waals surface area contributed by atoms with Crippen LogP contribution in [0.5, 0.6) is 0 Å². The van der Waals surface area contributed by atoms with Crippen molar-refractivity contribution >= 4 is 0 Å². The molecule has 2 fully saturated rings. The van der Waals surface area contributed by atoms with Gasteiger partial charge >= 0.3 is 0 Å². The lowest BCUT2D eigenvalue weighted by atomic mass is 10.0. The maximum absolute atomic E-state index is 2.74. The fourth-order valence-corrected chi connectivity index (χ4v) is 3.13. The molecule has 0 aromatic heterocycles. The Balaban J connectivity index is 1.89. The van der Waals surface area contributed by atoms with Crippen molar-refractivity contribution < 1.29 is 0 Å². The van der Waals surface area contributed by atoms with E-state index in [9.17, 15) is 0 Å². The quantitative estimate of drug-likeness (QED) is 0.689. The van der Waals surface area contributed by atoms with Crippen LogP contribution in [-0.4, -0.2) is 48.6 Å². The highest BCUT2D eigenvalue weighted by Crippen LogP contribution is 2.21. The smallest absolute Gasteiger partial charge is 0.0223 e. The van der Waals surface area contributed by atoms with Crippen molar-refractivity contribution in [3.8, 4) is 0 Å². The molecule has 2 nitrogen and oxygen atoms in total. The summed E-state index contributed by atoms with van der Waals surface area (Å²) in [7, 11) is 0. The first-order chi connectivity index (χ1) is 7.25. The zero-order chi connectivity index (χ0) is 10.7. The molecule has 2 aliphatic rings. The van der Waals surface area contributed by atoms with E-state index in [1.807, 2.05) is 0 Å². The van der Waals surface area contributed by atoms with E-state index in [4.69, 9.17) is 0 Å². The van der Waals surface area contributed by atoms with Crippen LogP contribution in [0.1, 0.15) is 39.5 Å². The predicted octanol–water partition coefficient (Wildman–Crippen LogP) is 2.20. The molecule has 0 aromatic carbocycles. The van der Waals surface area contributed by atoms with E-state index in [2.05, 4.69) is 23.6 Å². The first-order valence-corrected chi connectivity index (χ1v) is 6.72. The zero-order valence-electron chi connectivity index (χ0n) is 10.4. The maximum Gasteiger partial charge on any atom is 0.0223 e. The minimum Gasteiger partial charge on any atom is -0.301 e. The van der Waals surface area contributed by atoms with Gasteiger partial charge < -0.3 is 4.90 Å². The molecule has 88 valence electrons. The Morgan fingerprint density at radius 1 is 1.07 bits per heavy atom. The van der Waals surface area contributed by atoms with Crippen molar-refractivity contribution in [1.29, 1.82) is 0 Å². The molecule has 2 heterocycles. The van der Waals surface area contributed by atoms with Crippen LogP contribution in [0.2, 0.25) is 0 Å². The molecule has 2 aliphatic heterocycles. The van der Waals surface area contributed by atoms with Crippen molar-refractivity contribution in [2.24, 2.45) is 5.92 Å². The third-order valence-electron chi connectivity index (χ3n) is 3.76. The summed E-state index contributed by atoms with van der Waals surface area (Å²) >= 11 is 0. The van der Waals surface area contributed by atoms with Crippen LogP contribution in [0, 0.1) is 5.92 Å². The van der Waals surface area contributed by atoms with E-state index in [1.54, 1.807) is 0 Å². The topological polar surface area (TPSA) is 6.48 Å². The van der Waals surface area contributed by atoms with Crippen LogP contribution in [0.25, 0.3) is 0 Å². The number of hydrogen-bond acceptors (Lipinski definition) is 2. The summed E-state index contributed by atoms with van der Waals surface area (Å²) in [5, 5.41) is 0. The SMILES string of the molecule is CC(C)CN1CCCN2CCCCC2C1.